The van der Waals surface area contributed by atoms with E-state index in [0.29, 0.717) is 29.0 Å². The number of benzene rings is 2. The van der Waals surface area contributed by atoms with Crippen molar-refractivity contribution in [1.29, 1.82) is 0 Å². The number of carbonyl (C=O) groups is 2. The van der Waals surface area contributed by atoms with Gasteiger partial charge >= 0.3 is 5.97 Å². The molecule has 0 bridgehead atoms. The Bertz CT molecular complexity index is 1250. The zero-order valence-corrected chi connectivity index (χ0v) is 20.2. The molecule has 0 aliphatic carbocycles. The number of amides is 1. The van der Waals surface area contributed by atoms with Crippen LogP contribution in [0.25, 0.3) is 20.8 Å². The van der Waals surface area contributed by atoms with E-state index in [-0.39, 0.29) is 29.5 Å². The minimum absolute atomic E-state index is 0.0442. The Labute approximate surface area is 197 Å². The van der Waals surface area contributed by atoms with Gasteiger partial charge in [-0.1, -0.05) is 37.3 Å². The van der Waals surface area contributed by atoms with Gasteiger partial charge in [0.2, 0.25) is 0 Å². The number of esters is 1. The number of hydrogen-bond acceptors (Lipinski definition) is 7. The number of hydrogen-bond donors (Lipinski definition) is 0. The molecular formula is C24H26N2O5S2. The van der Waals surface area contributed by atoms with Gasteiger partial charge in [-0.05, 0) is 38.0 Å². The third kappa shape index (κ3) is 5.09. The van der Waals surface area contributed by atoms with E-state index in [1.807, 2.05) is 50.2 Å². The number of fused-ring (bicyclic) bond motifs is 1. The van der Waals surface area contributed by atoms with E-state index >= 15 is 0 Å². The third-order valence-corrected chi connectivity index (χ3v) is 8.77. The molecule has 1 aliphatic rings. The lowest BCUT2D eigenvalue weighted by atomic mass is 10.1. The minimum atomic E-state index is -3.14. The van der Waals surface area contributed by atoms with Crippen molar-refractivity contribution >= 4 is 43.3 Å². The maximum absolute atomic E-state index is 13.0. The van der Waals surface area contributed by atoms with Crippen LogP contribution in [0, 0.1) is 0 Å². The van der Waals surface area contributed by atoms with Crippen LogP contribution in [0.1, 0.15) is 37.0 Å². The summed E-state index contributed by atoms with van der Waals surface area (Å²) in [5.74, 6) is -0.955. The SMILES string of the molecule is CC[C@@H](C)N(C(=O)COC(=O)c1ccccc1-c1nc2ccccc2s1)[C@@H]1CCS(=O)(=O)C1. The number of ether oxygens (including phenoxy) is 1. The van der Waals surface area contributed by atoms with E-state index in [1.54, 1.807) is 17.0 Å². The second-order valence-electron chi connectivity index (χ2n) is 8.22. The summed E-state index contributed by atoms with van der Waals surface area (Å²) < 4.78 is 30.3. The van der Waals surface area contributed by atoms with Crippen molar-refractivity contribution in [2.24, 2.45) is 0 Å². The van der Waals surface area contributed by atoms with Crippen LogP contribution in [-0.2, 0) is 19.4 Å². The van der Waals surface area contributed by atoms with Crippen molar-refractivity contribution in [1.82, 2.24) is 9.88 Å². The predicted molar refractivity (Wildman–Crippen MR) is 129 cm³/mol. The molecular weight excluding hydrogens is 460 g/mol. The van der Waals surface area contributed by atoms with Crippen molar-refractivity contribution in [3.63, 3.8) is 0 Å². The monoisotopic (exact) mass is 486 g/mol. The second-order valence-corrected chi connectivity index (χ2v) is 11.5. The first-order valence-electron chi connectivity index (χ1n) is 10.9. The maximum atomic E-state index is 13.0. The number of thiazole rings is 1. The topological polar surface area (TPSA) is 93.6 Å². The first kappa shape index (κ1) is 23.4. The molecule has 0 unspecified atom stereocenters. The molecule has 2 aromatic carbocycles. The van der Waals surface area contributed by atoms with Crippen LogP contribution in [-0.4, -0.2) is 60.4 Å². The average molecular weight is 487 g/mol. The van der Waals surface area contributed by atoms with E-state index in [9.17, 15) is 18.0 Å². The van der Waals surface area contributed by atoms with Crippen molar-refractivity contribution < 1.29 is 22.7 Å². The Morgan fingerprint density at radius 3 is 2.61 bits per heavy atom. The summed E-state index contributed by atoms with van der Waals surface area (Å²) in [7, 11) is -3.14. The fourth-order valence-corrected chi connectivity index (χ4v) is 6.83. The van der Waals surface area contributed by atoms with Gasteiger partial charge in [0.15, 0.2) is 16.4 Å². The van der Waals surface area contributed by atoms with E-state index in [2.05, 4.69) is 4.98 Å². The highest BCUT2D eigenvalue weighted by atomic mass is 32.2. The van der Waals surface area contributed by atoms with Crippen LogP contribution in [0.4, 0.5) is 0 Å². The fraction of sp³-hybridized carbons (Fsp3) is 0.375. The number of rotatable bonds is 7. The fourth-order valence-electron chi connectivity index (χ4n) is 4.12. The molecule has 174 valence electrons. The zero-order chi connectivity index (χ0) is 23.6. The summed E-state index contributed by atoms with van der Waals surface area (Å²) in [5, 5.41) is 0.701. The molecule has 1 amide bonds. The van der Waals surface area contributed by atoms with Gasteiger partial charge in [-0.25, -0.2) is 18.2 Å². The minimum Gasteiger partial charge on any atom is -0.452 e. The summed E-state index contributed by atoms with van der Waals surface area (Å²) in [6.07, 6.45) is 1.09. The van der Waals surface area contributed by atoms with Crippen LogP contribution in [0.3, 0.4) is 0 Å². The first-order valence-corrected chi connectivity index (χ1v) is 13.6. The molecule has 9 heteroatoms. The Morgan fingerprint density at radius 1 is 1.18 bits per heavy atom. The molecule has 1 aliphatic heterocycles. The highest BCUT2D eigenvalue weighted by Crippen LogP contribution is 2.32. The second kappa shape index (κ2) is 9.61. The molecule has 2 atom stereocenters. The standard InChI is InChI=1S/C24H26N2O5S2/c1-3-16(2)26(17-12-13-33(29,30)15-17)22(27)14-31-24(28)19-9-5-4-8-18(19)23-25-20-10-6-7-11-21(20)32-23/h4-11,16-17H,3,12-15H2,1-2H3/t16-,17-/m1/s1. The third-order valence-electron chi connectivity index (χ3n) is 5.95. The molecule has 0 spiro atoms. The molecule has 1 fully saturated rings. The summed E-state index contributed by atoms with van der Waals surface area (Å²) in [4.78, 5) is 32.1. The Hall–Kier alpha value is -2.78. The predicted octanol–water partition coefficient (Wildman–Crippen LogP) is 3.93. The quantitative estimate of drug-likeness (QED) is 0.470. The highest BCUT2D eigenvalue weighted by Gasteiger charge is 2.36. The van der Waals surface area contributed by atoms with Gasteiger partial charge in [-0.15, -0.1) is 11.3 Å². The van der Waals surface area contributed by atoms with E-state index in [1.165, 1.54) is 11.3 Å². The van der Waals surface area contributed by atoms with Gasteiger partial charge in [0.1, 0.15) is 5.01 Å². The van der Waals surface area contributed by atoms with E-state index in [0.717, 1.165) is 10.2 Å². The Morgan fingerprint density at radius 2 is 1.91 bits per heavy atom. The van der Waals surface area contributed by atoms with Gasteiger partial charge in [-0.3, -0.25) is 4.79 Å². The normalized spacial score (nSPS) is 18.2. The summed E-state index contributed by atoms with van der Waals surface area (Å²) >= 11 is 1.48. The van der Waals surface area contributed by atoms with Gasteiger partial charge in [0.05, 0.1) is 27.3 Å². The Kier molecular flexibility index (Phi) is 6.81. The number of sulfone groups is 1. The van der Waals surface area contributed by atoms with E-state index in [4.69, 9.17) is 4.74 Å². The van der Waals surface area contributed by atoms with Gasteiger partial charge in [0, 0.05) is 17.6 Å². The number of aromatic nitrogens is 1. The van der Waals surface area contributed by atoms with Gasteiger partial charge in [-0.2, -0.15) is 0 Å². The van der Waals surface area contributed by atoms with Gasteiger partial charge in [0.25, 0.3) is 5.91 Å². The highest BCUT2D eigenvalue weighted by molar-refractivity contribution is 7.91. The molecule has 1 aromatic heterocycles. The smallest absolute Gasteiger partial charge is 0.339 e. The summed E-state index contributed by atoms with van der Waals surface area (Å²) in [5.41, 5.74) is 1.84. The van der Waals surface area contributed by atoms with Gasteiger partial charge < -0.3 is 9.64 Å². The lowest BCUT2D eigenvalue weighted by molar-refractivity contribution is -0.138. The molecule has 0 radical (unpaired) electrons. The summed E-state index contributed by atoms with van der Waals surface area (Å²) in [6.45, 7) is 3.38. The summed E-state index contributed by atoms with van der Waals surface area (Å²) in [6, 6.07) is 14.2. The lowest BCUT2D eigenvalue weighted by Gasteiger charge is -2.33. The molecule has 4 rings (SSSR count). The maximum Gasteiger partial charge on any atom is 0.339 e. The van der Waals surface area contributed by atoms with Crippen molar-refractivity contribution in [2.75, 3.05) is 18.1 Å². The first-order chi connectivity index (χ1) is 15.8. The van der Waals surface area contributed by atoms with Crippen LogP contribution >= 0.6 is 11.3 Å². The van der Waals surface area contributed by atoms with Crippen molar-refractivity contribution in [2.45, 2.75) is 38.8 Å². The van der Waals surface area contributed by atoms with Crippen molar-refractivity contribution in [3.05, 3.63) is 54.1 Å². The molecule has 1 saturated heterocycles. The molecule has 7 nitrogen and oxygen atoms in total. The molecule has 33 heavy (non-hydrogen) atoms. The molecule has 0 saturated carbocycles. The number of nitrogens with zero attached hydrogens (tertiary/aromatic N) is 2. The number of para-hydroxylation sites is 1. The molecule has 3 aromatic rings. The molecule has 0 N–H and O–H groups in total. The lowest BCUT2D eigenvalue weighted by Crippen LogP contribution is -2.48. The zero-order valence-electron chi connectivity index (χ0n) is 18.6. The number of carbonyl (C=O) groups excluding carboxylic acids is 2. The Balaban J connectivity index is 1.51. The van der Waals surface area contributed by atoms with Crippen LogP contribution in [0.5, 0.6) is 0 Å². The molecule has 2 heterocycles. The van der Waals surface area contributed by atoms with Crippen LogP contribution in [0.15, 0.2) is 48.5 Å². The van der Waals surface area contributed by atoms with Crippen LogP contribution in [0.2, 0.25) is 0 Å². The van der Waals surface area contributed by atoms with Crippen LogP contribution < -0.4 is 0 Å². The largest absolute Gasteiger partial charge is 0.452 e. The average Bonchev–Trinajstić information content (AvgIpc) is 3.40. The van der Waals surface area contributed by atoms with E-state index < -0.39 is 22.4 Å². The van der Waals surface area contributed by atoms with Crippen molar-refractivity contribution in [3.8, 4) is 10.6 Å².